The fourth-order valence-corrected chi connectivity index (χ4v) is 10.4. The van der Waals surface area contributed by atoms with Crippen LogP contribution in [0.3, 0.4) is 0 Å². The molecule has 56 heavy (non-hydrogen) atoms. The number of sulfonamides is 1. The summed E-state index contributed by atoms with van der Waals surface area (Å²) in [5.74, 6) is 0.375. The molecular formula is C42H58N3O8S3+. The first-order valence-electron chi connectivity index (χ1n) is 19.2. The quantitative estimate of drug-likeness (QED) is 0.0446. The number of nitrogens with zero attached hydrogens (tertiary/aromatic N) is 3. The second kappa shape index (κ2) is 17.3. The van der Waals surface area contributed by atoms with Crippen molar-refractivity contribution in [3.63, 3.8) is 0 Å². The summed E-state index contributed by atoms with van der Waals surface area (Å²) in [5, 5.41) is 12.2. The molecule has 14 heteroatoms. The number of hydrogen-bond acceptors (Lipinski definition) is 10. The van der Waals surface area contributed by atoms with E-state index in [2.05, 4.69) is 108 Å². The van der Waals surface area contributed by atoms with Gasteiger partial charge >= 0.3 is 10.0 Å². The summed E-state index contributed by atoms with van der Waals surface area (Å²) < 4.78 is 65.4. The number of hydrogen-bond donors (Lipinski definition) is 2. The summed E-state index contributed by atoms with van der Waals surface area (Å²) in [4.78, 5) is 4.58. The molecule has 1 saturated carbocycles. The average molecular weight is 829 g/mol. The van der Waals surface area contributed by atoms with Gasteiger partial charge in [0, 0.05) is 75.6 Å². The first-order chi connectivity index (χ1) is 26.2. The summed E-state index contributed by atoms with van der Waals surface area (Å²) >= 11 is 1.06. The summed E-state index contributed by atoms with van der Waals surface area (Å²) in [6.07, 6.45) is 12.4. The molecule has 1 aliphatic carbocycles. The predicted octanol–water partition coefficient (Wildman–Crippen LogP) is 8.73. The maximum Gasteiger partial charge on any atom is 0.369 e. The number of anilines is 2. The molecule has 0 amide bonds. The predicted molar refractivity (Wildman–Crippen MR) is 227 cm³/mol. The Labute approximate surface area is 338 Å². The molecule has 2 aliphatic heterocycles. The van der Waals surface area contributed by atoms with Gasteiger partial charge in [0.2, 0.25) is 5.71 Å². The highest BCUT2D eigenvalue weighted by Gasteiger charge is 2.44. The lowest BCUT2D eigenvalue weighted by molar-refractivity contribution is -0.432. The minimum atomic E-state index is -4.05. The average Bonchev–Trinajstić information content (AvgIpc) is 3.70. The second-order valence-corrected chi connectivity index (χ2v) is 21.7. The number of rotatable bonds is 15. The van der Waals surface area contributed by atoms with Gasteiger partial charge in [-0.1, -0.05) is 81.3 Å². The third-order valence-corrected chi connectivity index (χ3v) is 15.0. The SMILES string of the molecule is C\[N+](=C1C(=C/C=C2/N(CCCCSOOO)c3ccccc3C2(C)C)CCC/1=C\C=C1\N(CCCCS(=O)(=O)O)c2ccccc2C1(C)C)S(=O)(=O)C(C)(C)C. The lowest BCUT2D eigenvalue weighted by Crippen LogP contribution is -2.38. The Balaban J connectivity index is 1.57. The molecule has 0 spiro atoms. The highest BCUT2D eigenvalue weighted by Crippen LogP contribution is 2.49. The number of unbranched alkanes of at least 4 members (excludes halogenated alkanes) is 2. The topological polar surface area (TPSA) is 137 Å². The molecule has 0 aromatic heterocycles. The van der Waals surface area contributed by atoms with Crippen molar-refractivity contribution in [3.8, 4) is 0 Å². The summed E-state index contributed by atoms with van der Waals surface area (Å²) in [6.45, 7) is 15.3. The van der Waals surface area contributed by atoms with Crippen LogP contribution in [-0.2, 0) is 40.3 Å². The number of allylic oxidation sites excluding steroid dienone is 8. The van der Waals surface area contributed by atoms with E-state index in [1.54, 1.807) is 27.8 Å². The molecule has 0 atom stereocenters. The van der Waals surface area contributed by atoms with Crippen molar-refractivity contribution in [1.82, 2.24) is 0 Å². The van der Waals surface area contributed by atoms with Crippen LogP contribution in [0, 0.1) is 0 Å². The zero-order valence-electron chi connectivity index (χ0n) is 33.9. The molecule has 5 rings (SSSR count). The highest BCUT2D eigenvalue weighted by atomic mass is 32.2. The zero-order chi connectivity index (χ0) is 41.1. The maximum atomic E-state index is 14.1. The monoisotopic (exact) mass is 828 g/mol. The highest BCUT2D eigenvalue weighted by molar-refractivity contribution is 7.94. The third kappa shape index (κ3) is 9.22. The van der Waals surface area contributed by atoms with E-state index in [1.807, 2.05) is 12.1 Å². The Hall–Kier alpha value is -3.24. The van der Waals surface area contributed by atoms with Crippen molar-refractivity contribution in [1.29, 1.82) is 0 Å². The fourth-order valence-electron chi connectivity index (χ4n) is 8.14. The second-order valence-electron chi connectivity index (χ2n) is 16.7. The van der Waals surface area contributed by atoms with E-state index in [9.17, 15) is 21.4 Å². The number of benzene rings is 2. The standard InChI is InChI=1S/C42H57N3O8S3/c1-40(2,3)56(50,51)43(8)39-31(23-25-37-41(4,5)33-17-9-11-19-35(33)44(37)27-13-15-29-54-53-52-46)21-22-32(39)24-26-38-42(6,7)34-18-10-12-20-36(34)45(38)28-14-16-30-55(47,48)49/h9-12,17-20,23-26H,13-16,21-22,27-30H2,1-8H3,(H-,46,47,48,49)/p+1. The molecule has 3 aliphatic rings. The van der Waals surface area contributed by atoms with E-state index >= 15 is 0 Å². The van der Waals surface area contributed by atoms with Crippen LogP contribution in [0.1, 0.15) is 98.1 Å². The molecule has 0 saturated heterocycles. The van der Waals surface area contributed by atoms with Gasteiger partial charge in [-0.2, -0.15) is 16.8 Å². The molecule has 2 heterocycles. The first-order valence-corrected chi connectivity index (χ1v) is 23.2. The Bertz CT molecular complexity index is 2160. The van der Waals surface area contributed by atoms with Crippen molar-refractivity contribution in [2.75, 3.05) is 41.4 Å². The van der Waals surface area contributed by atoms with Crippen LogP contribution in [0.2, 0.25) is 0 Å². The van der Waals surface area contributed by atoms with Gasteiger partial charge in [-0.15, -0.1) is 8.31 Å². The van der Waals surface area contributed by atoms with Crippen molar-refractivity contribution >= 4 is 49.3 Å². The number of fused-ring (bicyclic) bond motifs is 2. The molecule has 0 unspecified atom stereocenters. The van der Waals surface area contributed by atoms with Gasteiger partial charge < -0.3 is 9.80 Å². The Morgan fingerprint density at radius 2 is 1.23 bits per heavy atom. The van der Waals surface area contributed by atoms with Crippen LogP contribution < -0.4 is 9.80 Å². The molecule has 11 nitrogen and oxygen atoms in total. The Morgan fingerprint density at radius 3 is 1.68 bits per heavy atom. The van der Waals surface area contributed by atoms with E-state index in [-0.39, 0.29) is 16.6 Å². The molecular weight excluding hydrogens is 771 g/mol. The van der Waals surface area contributed by atoms with Gasteiger partial charge in [0.15, 0.2) is 7.05 Å². The molecule has 0 bridgehead atoms. The van der Waals surface area contributed by atoms with Gasteiger partial charge in [0.25, 0.3) is 10.1 Å². The van der Waals surface area contributed by atoms with Gasteiger partial charge in [-0.3, -0.25) is 4.55 Å². The summed E-state index contributed by atoms with van der Waals surface area (Å²) in [5.41, 5.74) is 8.65. The normalized spacial score (nSPS) is 21.8. The first kappa shape index (κ1) is 43.9. The minimum absolute atomic E-state index is 0.288. The van der Waals surface area contributed by atoms with Crippen molar-refractivity contribution in [3.05, 3.63) is 107 Å². The van der Waals surface area contributed by atoms with E-state index in [0.29, 0.717) is 43.7 Å². The molecule has 306 valence electrons. The minimum Gasteiger partial charge on any atom is -0.344 e. The molecule has 2 aromatic rings. The van der Waals surface area contributed by atoms with Crippen LogP contribution >= 0.6 is 12.0 Å². The van der Waals surface area contributed by atoms with Crippen LogP contribution in [0.4, 0.5) is 11.4 Å². The van der Waals surface area contributed by atoms with E-state index in [4.69, 9.17) is 5.26 Å². The van der Waals surface area contributed by atoms with E-state index < -0.39 is 24.9 Å². The Morgan fingerprint density at radius 1 is 0.768 bits per heavy atom. The van der Waals surface area contributed by atoms with Gasteiger partial charge in [-0.05, 0) is 94.7 Å². The van der Waals surface area contributed by atoms with Crippen LogP contribution in [0.15, 0.2) is 95.4 Å². The van der Waals surface area contributed by atoms with Crippen molar-refractivity contribution < 1.29 is 40.0 Å². The fraction of sp³-hybridized carbons (Fsp3) is 0.500. The molecule has 1 fully saturated rings. The van der Waals surface area contributed by atoms with E-state index in [1.165, 1.54) is 9.54 Å². The number of para-hydroxylation sites is 2. The van der Waals surface area contributed by atoms with Gasteiger partial charge in [0.1, 0.15) is 4.75 Å². The van der Waals surface area contributed by atoms with Crippen molar-refractivity contribution in [2.24, 2.45) is 0 Å². The maximum absolute atomic E-state index is 14.1. The lowest BCUT2D eigenvalue weighted by Gasteiger charge is -2.27. The zero-order valence-corrected chi connectivity index (χ0v) is 36.4. The van der Waals surface area contributed by atoms with Gasteiger partial charge in [0.05, 0.1) is 5.75 Å². The Kier molecular flexibility index (Phi) is 13.6. The molecule has 2 aromatic carbocycles. The summed E-state index contributed by atoms with van der Waals surface area (Å²) in [7, 11) is -6.15. The summed E-state index contributed by atoms with van der Waals surface area (Å²) in [6, 6.07) is 16.6. The third-order valence-electron chi connectivity index (χ3n) is 11.2. The smallest absolute Gasteiger partial charge is 0.344 e. The van der Waals surface area contributed by atoms with E-state index in [0.717, 1.165) is 70.9 Å². The van der Waals surface area contributed by atoms with Crippen LogP contribution in [-0.4, -0.2) is 72.7 Å². The largest absolute Gasteiger partial charge is 0.369 e. The van der Waals surface area contributed by atoms with Crippen molar-refractivity contribution in [2.45, 2.75) is 103 Å². The van der Waals surface area contributed by atoms with Crippen LogP contribution in [0.5, 0.6) is 0 Å². The molecule has 0 radical (unpaired) electrons. The molecule has 2 N–H and O–H groups in total. The lowest BCUT2D eigenvalue weighted by atomic mass is 9.83. The van der Waals surface area contributed by atoms with Gasteiger partial charge in [-0.25, -0.2) is 5.26 Å². The van der Waals surface area contributed by atoms with Crippen LogP contribution in [0.25, 0.3) is 0 Å².